The van der Waals surface area contributed by atoms with Gasteiger partial charge >= 0.3 is 0 Å². The van der Waals surface area contributed by atoms with E-state index in [2.05, 4.69) is 10.00 Å². The Morgan fingerprint density at radius 2 is 1.85 bits per heavy atom. The molecule has 2 aromatic carbocycles. The zero-order valence-corrected chi connectivity index (χ0v) is 22.5. The minimum atomic E-state index is -4.11. The number of halogens is 2. The second-order valence-electron chi connectivity index (χ2n) is 10.4. The predicted molar refractivity (Wildman–Crippen MR) is 140 cm³/mol. The molecule has 1 aromatic heterocycles. The highest BCUT2D eigenvalue weighted by atomic mass is 35.5. The van der Waals surface area contributed by atoms with Gasteiger partial charge < -0.3 is 14.4 Å². The number of carbonyl (C=O) groups excluding carboxylic acids is 1. The maximum absolute atomic E-state index is 15.2. The number of aromatic nitrogens is 2. The largest absolute Gasteiger partial charge is 0.379 e. The summed E-state index contributed by atoms with van der Waals surface area (Å²) in [6.07, 6.45) is 0.768. The smallest absolute Gasteiger partial charge is 0.275 e. The summed E-state index contributed by atoms with van der Waals surface area (Å²) < 4.78 is 54.4. The van der Waals surface area contributed by atoms with Gasteiger partial charge in [-0.2, -0.15) is 5.10 Å². The molecule has 1 saturated carbocycles. The molecule has 7 rings (SSSR count). The third kappa shape index (κ3) is 4.27. The van der Waals surface area contributed by atoms with Crippen molar-refractivity contribution in [3.63, 3.8) is 0 Å². The summed E-state index contributed by atoms with van der Waals surface area (Å²) >= 11 is 5.99. The molecule has 3 aromatic rings. The van der Waals surface area contributed by atoms with Gasteiger partial charge in [0.15, 0.2) is 21.3 Å². The van der Waals surface area contributed by atoms with E-state index in [1.807, 2.05) is 24.3 Å². The van der Waals surface area contributed by atoms with Gasteiger partial charge in [-0.05, 0) is 36.2 Å². The van der Waals surface area contributed by atoms with E-state index in [-0.39, 0.29) is 39.9 Å². The van der Waals surface area contributed by atoms with Crippen LogP contribution in [0.3, 0.4) is 0 Å². The molecule has 4 heterocycles. The van der Waals surface area contributed by atoms with E-state index in [0.717, 1.165) is 31.6 Å². The Bertz CT molecular complexity index is 1590. The Labute approximate surface area is 230 Å². The molecular formula is C27H26ClFN4O5S. The van der Waals surface area contributed by atoms with Crippen molar-refractivity contribution >= 4 is 27.3 Å². The van der Waals surface area contributed by atoms with Crippen molar-refractivity contribution in [2.75, 3.05) is 39.5 Å². The van der Waals surface area contributed by atoms with E-state index in [1.54, 1.807) is 9.58 Å². The lowest BCUT2D eigenvalue weighted by Crippen LogP contribution is -2.41. The summed E-state index contributed by atoms with van der Waals surface area (Å²) in [5.74, 6) is -1.87. The van der Waals surface area contributed by atoms with Crippen LogP contribution in [0.5, 0.6) is 0 Å². The minimum Gasteiger partial charge on any atom is -0.379 e. The third-order valence-corrected chi connectivity index (χ3v) is 9.83. The number of hydrogen-bond donors (Lipinski definition) is 0. The molecule has 2 atom stereocenters. The molecule has 0 radical (unpaired) electrons. The Hall–Kier alpha value is -2.83. The Balaban J connectivity index is 1.34. The number of rotatable bonds is 4. The zero-order chi connectivity index (χ0) is 26.9. The molecule has 0 bridgehead atoms. The normalized spacial score (nSPS) is 23.6. The molecule has 204 valence electrons. The van der Waals surface area contributed by atoms with Gasteiger partial charge in [0.05, 0.1) is 54.1 Å². The second kappa shape index (κ2) is 9.38. The first-order valence-corrected chi connectivity index (χ1v) is 15.0. The summed E-state index contributed by atoms with van der Waals surface area (Å²) in [5.41, 5.74) is 2.62. The van der Waals surface area contributed by atoms with Crippen molar-refractivity contribution in [2.24, 2.45) is 0 Å². The van der Waals surface area contributed by atoms with Gasteiger partial charge in [-0.1, -0.05) is 23.7 Å². The number of amides is 1. The highest BCUT2D eigenvalue weighted by Crippen LogP contribution is 2.44. The van der Waals surface area contributed by atoms with Crippen LogP contribution in [0, 0.1) is 5.82 Å². The number of fused-ring (bicyclic) bond motifs is 4. The number of morpholine rings is 2. The van der Waals surface area contributed by atoms with Crippen LogP contribution >= 0.6 is 11.6 Å². The molecule has 2 saturated heterocycles. The molecule has 3 aliphatic heterocycles. The summed E-state index contributed by atoms with van der Waals surface area (Å²) in [7, 11) is -4.11. The highest BCUT2D eigenvalue weighted by molar-refractivity contribution is 7.91. The number of carbonyl (C=O) groups is 1. The summed E-state index contributed by atoms with van der Waals surface area (Å²) in [5, 5.41) is 4.42. The lowest BCUT2D eigenvalue weighted by molar-refractivity contribution is 0.0258. The first kappa shape index (κ1) is 25.2. The van der Waals surface area contributed by atoms with Gasteiger partial charge in [-0.15, -0.1) is 0 Å². The number of ether oxygens (including phenoxy) is 2. The number of sulfone groups is 1. The van der Waals surface area contributed by atoms with Crippen LogP contribution in [0.1, 0.15) is 28.0 Å². The first-order chi connectivity index (χ1) is 18.8. The fourth-order valence-corrected chi connectivity index (χ4v) is 7.68. The van der Waals surface area contributed by atoms with Gasteiger partial charge in [0.2, 0.25) is 0 Å². The van der Waals surface area contributed by atoms with E-state index < -0.39 is 26.3 Å². The van der Waals surface area contributed by atoms with Crippen molar-refractivity contribution < 1.29 is 27.1 Å². The lowest BCUT2D eigenvalue weighted by Gasteiger charge is -2.26. The predicted octanol–water partition coefficient (Wildman–Crippen LogP) is 3.06. The molecule has 0 N–H and O–H groups in total. The van der Waals surface area contributed by atoms with E-state index in [4.69, 9.17) is 21.1 Å². The van der Waals surface area contributed by atoms with E-state index in [1.165, 1.54) is 12.1 Å². The lowest BCUT2D eigenvalue weighted by atomic mass is 10.0. The number of hydrogen-bond acceptors (Lipinski definition) is 7. The molecule has 4 aliphatic rings. The van der Waals surface area contributed by atoms with Gasteiger partial charge in [-0.25, -0.2) is 17.5 Å². The quantitative estimate of drug-likeness (QED) is 0.474. The molecule has 3 fully saturated rings. The minimum absolute atomic E-state index is 0.0142. The van der Waals surface area contributed by atoms with Crippen molar-refractivity contribution in [3.8, 4) is 16.9 Å². The SMILES string of the molecule is O=C(c1nn(-c2ccc(CN3CCOCC3)cc2)c2c1CS(=O)(=O)c1c-2ccc(Cl)c1F)N1CCOC2CC21. The molecule has 2 unspecified atom stereocenters. The average molecular weight is 573 g/mol. The van der Waals surface area contributed by atoms with Crippen molar-refractivity contribution in [3.05, 3.63) is 64.1 Å². The van der Waals surface area contributed by atoms with Crippen LogP contribution in [-0.4, -0.2) is 85.5 Å². The maximum atomic E-state index is 15.2. The standard InChI is InChI=1S/C27H26ClFN4O5S/c28-20-6-5-18-25-19(15-39(35,36)26(18)23(20)29)24(27(34)32-9-12-38-22-13-21(22)32)30-33(25)17-3-1-16(2-4-17)14-31-7-10-37-11-8-31/h1-6,21-22H,7-15H2. The molecular weight excluding hydrogens is 547 g/mol. The Morgan fingerprint density at radius 1 is 1.08 bits per heavy atom. The van der Waals surface area contributed by atoms with E-state index in [9.17, 15) is 13.2 Å². The summed E-state index contributed by atoms with van der Waals surface area (Å²) in [6, 6.07) is 10.5. The third-order valence-electron chi connectivity index (χ3n) is 7.85. The molecule has 1 aliphatic carbocycles. The summed E-state index contributed by atoms with van der Waals surface area (Å²) in [4.78, 5) is 17.3. The molecule has 0 spiro atoms. The van der Waals surface area contributed by atoms with Gasteiger partial charge in [0.1, 0.15) is 4.90 Å². The zero-order valence-electron chi connectivity index (χ0n) is 21.0. The van der Waals surface area contributed by atoms with Crippen LogP contribution in [0.15, 0.2) is 41.3 Å². The fourth-order valence-electron chi connectivity index (χ4n) is 5.79. The van der Waals surface area contributed by atoms with Crippen molar-refractivity contribution in [2.45, 2.75) is 35.8 Å². The van der Waals surface area contributed by atoms with Crippen LogP contribution in [0.4, 0.5) is 4.39 Å². The fraction of sp³-hybridized carbons (Fsp3) is 0.407. The maximum Gasteiger partial charge on any atom is 0.275 e. The average Bonchev–Trinajstić information content (AvgIpc) is 3.64. The topological polar surface area (TPSA) is 94.0 Å². The monoisotopic (exact) mass is 572 g/mol. The van der Waals surface area contributed by atoms with Gasteiger partial charge in [0, 0.05) is 37.3 Å². The van der Waals surface area contributed by atoms with Gasteiger partial charge in [-0.3, -0.25) is 9.69 Å². The van der Waals surface area contributed by atoms with Crippen LogP contribution in [0.25, 0.3) is 16.9 Å². The van der Waals surface area contributed by atoms with Crippen molar-refractivity contribution in [1.82, 2.24) is 19.6 Å². The number of benzene rings is 2. The van der Waals surface area contributed by atoms with Crippen molar-refractivity contribution in [1.29, 1.82) is 0 Å². The van der Waals surface area contributed by atoms with E-state index in [0.29, 0.717) is 37.7 Å². The highest BCUT2D eigenvalue weighted by Gasteiger charge is 2.49. The van der Waals surface area contributed by atoms with Gasteiger partial charge in [0.25, 0.3) is 5.91 Å². The number of nitrogens with zero attached hydrogens (tertiary/aromatic N) is 4. The molecule has 12 heteroatoms. The molecule has 1 amide bonds. The molecule has 39 heavy (non-hydrogen) atoms. The molecule has 9 nitrogen and oxygen atoms in total. The van der Waals surface area contributed by atoms with Crippen LogP contribution < -0.4 is 0 Å². The van der Waals surface area contributed by atoms with Crippen LogP contribution in [-0.2, 0) is 31.6 Å². The summed E-state index contributed by atoms with van der Waals surface area (Å²) in [6.45, 7) is 4.75. The Kier molecular flexibility index (Phi) is 6.05. The second-order valence-corrected chi connectivity index (χ2v) is 12.7. The Morgan fingerprint density at radius 3 is 2.62 bits per heavy atom. The first-order valence-electron chi connectivity index (χ1n) is 13.0. The van der Waals surface area contributed by atoms with Crippen LogP contribution in [0.2, 0.25) is 5.02 Å². The van der Waals surface area contributed by atoms with E-state index >= 15 is 4.39 Å².